The number of piperazine rings is 1. The molecular formula is C18H18FN7O. The van der Waals surface area contributed by atoms with Gasteiger partial charge in [0.2, 0.25) is 11.9 Å². The van der Waals surface area contributed by atoms with Crippen molar-refractivity contribution < 1.29 is 9.50 Å². The normalized spacial score (nSPS) is 18.0. The molecule has 9 heteroatoms. The van der Waals surface area contributed by atoms with Crippen LogP contribution in [0.15, 0.2) is 30.6 Å². The van der Waals surface area contributed by atoms with Crippen LogP contribution in [-0.2, 0) is 0 Å². The Morgan fingerprint density at radius 3 is 2.74 bits per heavy atom. The van der Waals surface area contributed by atoms with E-state index >= 15 is 0 Å². The Kier molecular flexibility index (Phi) is 3.57. The van der Waals surface area contributed by atoms with Crippen molar-refractivity contribution >= 4 is 5.95 Å². The predicted molar refractivity (Wildman–Crippen MR) is 96.6 cm³/mol. The van der Waals surface area contributed by atoms with Gasteiger partial charge in [-0.05, 0) is 30.5 Å². The van der Waals surface area contributed by atoms with Crippen LogP contribution in [0.25, 0.3) is 22.4 Å². The Morgan fingerprint density at radius 2 is 2.07 bits per heavy atom. The molecule has 1 saturated heterocycles. The van der Waals surface area contributed by atoms with Crippen LogP contribution in [0, 0.1) is 5.95 Å². The fraction of sp³-hybridized carbons (Fsp3) is 0.333. The average molecular weight is 367 g/mol. The summed E-state index contributed by atoms with van der Waals surface area (Å²) in [6.07, 6.45) is 5.43. The number of H-pyrrole nitrogens is 1. The second-order valence-corrected chi connectivity index (χ2v) is 7.09. The van der Waals surface area contributed by atoms with Crippen molar-refractivity contribution in [3.63, 3.8) is 0 Å². The smallest absolute Gasteiger partial charge is 0.245 e. The van der Waals surface area contributed by atoms with Crippen molar-refractivity contribution in [1.29, 1.82) is 0 Å². The van der Waals surface area contributed by atoms with Gasteiger partial charge in [-0.15, -0.1) is 15.3 Å². The molecule has 138 valence electrons. The number of phenolic OH excluding ortho intramolecular Hbond substituents is 1. The van der Waals surface area contributed by atoms with Crippen LogP contribution in [-0.4, -0.2) is 55.7 Å². The molecule has 0 amide bonds. The van der Waals surface area contributed by atoms with Crippen LogP contribution in [0.5, 0.6) is 5.75 Å². The first-order chi connectivity index (χ1) is 13.1. The molecule has 3 N–H and O–H groups in total. The highest BCUT2D eigenvalue weighted by atomic mass is 19.1. The van der Waals surface area contributed by atoms with Gasteiger partial charge >= 0.3 is 0 Å². The van der Waals surface area contributed by atoms with E-state index in [1.54, 1.807) is 18.3 Å². The number of benzene rings is 1. The summed E-state index contributed by atoms with van der Waals surface area (Å²) in [5, 5.41) is 28.3. The standard InChI is InChI=1S/C18H18FN7O/c19-16-13(8-22-24-16)11-1-2-12(15(27)7-11)14-9-20-17(25-23-14)26-6-5-21-18(10-26)3-4-18/h1-2,7-9,21,27H,3-6,10H2,(H,22,24). The summed E-state index contributed by atoms with van der Waals surface area (Å²) in [6, 6.07) is 4.85. The van der Waals surface area contributed by atoms with E-state index in [-0.39, 0.29) is 11.3 Å². The Labute approximate surface area is 154 Å². The topological polar surface area (TPSA) is 103 Å². The maximum atomic E-state index is 13.6. The van der Waals surface area contributed by atoms with Crippen molar-refractivity contribution in [3.05, 3.63) is 36.5 Å². The van der Waals surface area contributed by atoms with E-state index < -0.39 is 5.95 Å². The van der Waals surface area contributed by atoms with Crippen LogP contribution in [0.1, 0.15) is 12.8 Å². The molecule has 1 aromatic carbocycles. The molecule has 0 bridgehead atoms. The van der Waals surface area contributed by atoms with Gasteiger partial charge in [-0.1, -0.05) is 6.07 Å². The van der Waals surface area contributed by atoms with Crippen molar-refractivity contribution in [2.24, 2.45) is 0 Å². The van der Waals surface area contributed by atoms with Crippen molar-refractivity contribution in [2.75, 3.05) is 24.5 Å². The first-order valence-corrected chi connectivity index (χ1v) is 8.86. The highest BCUT2D eigenvalue weighted by Gasteiger charge is 2.46. The lowest BCUT2D eigenvalue weighted by molar-refractivity contribution is 0.437. The van der Waals surface area contributed by atoms with E-state index in [2.05, 4.69) is 35.6 Å². The average Bonchev–Trinajstić information content (AvgIpc) is 3.28. The maximum Gasteiger partial charge on any atom is 0.245 e. The van der Waals surface area contributed by atoms with E-state index in [0.717, 1.165) is 19.6 Å². The van der Waals surface area contributed by atoms with E-state index in [1.165, 1.54) is 25.1 Å². The summed E-state index contributed by atoms with van der Waals surface area (Å²) >= 11 is 0. The highest BCUT2D eigenvalue weighted by molar-refractivity contribution is 5.73. The summed E-state index contributed by atoms with van der Waals surface area (Å²) in [7, 11) is 0. The number of hydrogen-bond donors (Lipinski definition) is 3. The van der Waals surface area contributed by atoms with Gasteiger partial charge in [0.1, 0.15) is 11.4 Å². The summed E-state index contributed by atoms with van der Waals surface area (Å²) in [5.41, 5.74) is 2.01. The molecule has 27 heavy (non-hydrogen) atoms. The molecule has 3 heterocycles. The molecule has 2 aromatic heterocycles. The van der Waals surface area contributed by atoms with Crippen LogP contribution < -0.4 is 10.2 Å². The summed E-state index contributed by atoms with van der Waals surface area (Å²) in [4.78, 5) is 6.58. The molecule has 1 aliphatic carbocycles. The Balaban J connectivity index is 1.39. The largest absolute Gasteiger partial charge is 0.507 e. The van der Waals surface area contributed by atoms with Crippen LogP contribution in [0.2, 0.25) is 0 Å². The molecule has 2 fully saturated rings. The molecule has 0 unspecified atom stereocenters. The third kappa shape index (κ3) is 2.89. The Morgan fingerprint density at radius 1 is 1.19 bits per heavy atom. The van der Waals surface area contributed by atoms with Gasteiger partial charge in [-0.25, -0.2) is 4.98 Å². The maximum absolute atomic E-state index is 13.6. The Bertz CT molecular complexity index is 984. The number of aromatic amines is 1. The number of halogens is 1. The molecule has 1 spiro atoms. The minimum Gasteiger partial charge on any atom is -0.507 e. The SMILES string of the molecule is Oc1cc(-c2c[nH]nc2F)ccc1-c1cnc(N2CCNC3(CC3)C2)nn1. The van der Waals surface area contributed by atoms with Crippen molar-refractivity contribution in [1.82, 2.24) is 30.7 Å². The second kappa shape index (κ2) is 5.98. The number of phenols is 1. The minimum absolute atomic E-state index is 0.0175. The van der Waals surface area contributed by atoms with Gasteiger partial charge in [0, 0.05) is 36.9 Å². The lowest BCUT2D eigenvalue weighted by atomic mass is 10.0. The zero-order chi connectivity index (χ0) is 18.4. The number of rotatable bonds is 3. The molecule has 3 aromatic rings. The number of aromatic hydroxyl groups is 1. The zero-order valence-corrected chi connectivity index (χ0v) is 14.5. The van der Waals surface area contributed by atoms with Crippen LogP contribution in [0.3, 0.4) is 0 Å². The van der Waals surface area contributed by atoms with Crippen molar-refractivity contribution in [3.8, 4) is 28.1 Å². The highest BCUT2D eigenvalue weighted by Crippen LogP contribution is 2.38. The third-order valence-corrected chi connectivity index (χ3v) is 5.24. The van der Waals surface area contributed by atoms with Gasteiger partial charge in [0.15, 0.2) is 0 Å². The second-order valence-electron chi connectivity index (χ2n) is 7.09. The summed E-state index contributed by atoms with van der Waals surface area (Å²) in [6.45, 7) is 2.65. The zero-order valence-electron chi connectivity index (χ0n) is 14.5. The predicted octanol–water partition coefficient (Wildman–Crippen LogP) is 1.72. The minimum atomic E-state index is -0.614. The molecule has 1 aliphatic heterocycles. The van der Waals surface area contributed by atoms with Gasteiger partial charge in [0.25, 0.3) is 0 Å². The summed E-state index contributed by atoms with van der Waals surface area (Å²) < 4.78 is 13.6. The number of aromatic nitrogens is 5. The lowest BCUT2D eigenvalue weighted by Crippen LogP contribution is -2.53. The molecule has 2 aliphatic rings. The van der Waals surface area contributed by atoms with E-state index in [1.807, 2.05) is 0 Å². The molecule has 0 atom stereocenters. The number of anilines is 1. The van der Waals surface area contributed by atoms with Gasteiger partial charge < -0.3 is 15.3 Å². The molecule has 1 saturated carbocycles. The van der Waals surface area contributed by atoms with Crippen molar-refractivity contribution in [2.45, 2.75) is 18.4 Å². The van der Waals surface area contributed by atoms with E-state index in [9.17, 15) is 9.50 Å². The fourth-order valence-electron chi connectivity index (χ4n) is 3.54. The number of nitrogens with one attached hydrogen (secondary N) is 2. The molecule has 8 nitrogen and oxygen atoms in total. The third-order valence-electron chi connectivity index (χ3n) is 5.24. The van der Waals surface area contributed by atoms with Gasteiger partial charge in [-0.2, -0.15) is 4.39 Å². The monoisotopic (exact) mass is 367 g/mol. The number of hydrogen-bond acceptors (Lipinski definition) is 7. The first-order valence-electron chi connectivity index (χ1n) is 8.86. The lowest BCUT2D eigenvalue weighted by Gasteiger charge is -2.33. The number of nitrogens with zero attached hydrogens (tertiary/aromatic N) is 5. The Hall–Kier alpha value is -3.07. The quantitative estimate of drug-likeness (QED) is 0.648. The van der Waals surface area contributed by atoms with Crippen LogP contribution >= 0.6 is 0 Å². The molecule has 0 radical (unpaired) electrons. The van der Waals surface area contributed by atoms with Crippen LogP contribution in [0.4, 0.5) is 10.3 Å². The summed E-state index contributed by atoms with van der Waals surface area (Å²) in [5.74, 6) is -0.0309. The van der Waals surface area contributed by atoms with Gasteiger partial charge in [-0.3, -0.25) is 5.10 Å². The molecular weight excluding hydrogens is 349 g/mol. The van der Waals surface area contributed by atoms with E-state index in [0.29, 0.717) is 28.3 Å². The fourth-order valence-corrected chi connectivity index (χ4v) is 3.54. The first kappa shape index (κ1) is 16.1. The van der Waals surface area contributed by atoms with E-state index in [4.69, 9.17) is 0 Å². The molecule has 5 rings (SSSR count). The van der Waals surface area contributed by atoms with Gasteiger partial charge in [0.05, 0.1) is 11.8 Å².